The number of anilines is 1. The lowest BCUT2D eigenvalue weighted by Gasteiger charge is -2.32. The summed E-state index contributed by atoms with van der Waals surface area (Å²) in [7, 11) is 0. The van der Waals surface area contributed by atoms with E-state index in [0.717, 1.165) is 22.5 Å². The zero-order chi connectivity index (χ0) is 12.5. The van der Waals surface area contributed by atoms with Crippen LogP contribution in [0.3, 0.4) is 0 Å². The number of benzene rings is 1. The number of amides is 1. The van der Waals surface area contributed by atoms with Gasteiger partial charge in [-0.05, 0) is 29.5 Å². The second-order valence-corrected chi connectivity index (χ2v) is 5.43. The van der Waals surface area contributed by atoms with Crippen LogP contribution in [-0.4, -0.2) is 18.5 Å². The second-order valence-electron chi connectivity index (χ2n) is 4.49. The average molecular weight is 258 g/mol. The highest BCUT2D eigenvalue weighted by Crippen LogP contribution is 2.28. The predicted molar refractivity (Wildman–Crippen MR) is 74.1 cm³/mol. The van der Waals surface area contributed by atoms with E-state index in [0.29, 0.717) is 6.54 Å². The Labute approximate surface area is 110 Å². The number of carbonyl (C=O) groups is 1. The molecule has 0 spiro atoms. The van der Waals surface area contributed by atoms with Crippen molar-refractivity contribution in [1.82, 2.24) is 0 Å². The Morgan fingerprint density at radius 1 is 1.28 bits per heavy atom. The number of rotatable bonds is 1. The van der Waals surface area contributed by atoms with Gasteiger partial charge in [0.1, 0.15) is 0 Å². The summed E-state index contributed by atoms with van der Waals surface area (Å²) in [5, 5.41) is 1.92. The number of carbonyl (C=O) groups excluding carboxylic acids is 1. The van der Waals surface area contributed by atoms with Crippen LogP contribution in [0, 0.1) is 0 Å². The lowest BCUT2D eigenvalue weighted by Crippen LogP contribution is -2.46. The number of thiophene rings is 1. The maximum Gasteiger partial charge on any atom is 0.268 e. The Morgan fingerprint density at radius 3 is 2.89 bits per heavy atom. The van der Waals surface area contributed by atoms with Crippen LogP contribution in [0.4, 0.5) is 5.69 Å². The van der Waals surface area contributed by atoms with Crippen molar-refractivity contribution in [1.29, 1.82) is 0 Å². The van der Waals surface area contributed by atoms with Gasteiger partial charge in [0.25, 0.3) is 5.91 Å². The van der Waals surface area contributed by atoms with Crippen LogP contribution in [0.2, 0.25) is 0 Å². The largest absolute Gasteiger partial charge is 0.326 e. The van der Waals surface area contributed by atoms with Crippen molar-refractivity contribution in [2.45, 2.75) is 12.5 Å². The highest BCUT2D eigenvalue weighted by Gasteiger charge is 2.27. The molecule has 1 unspecified atom stereocenters. The van der Waals surface area contributed by atoms with Crippen molar-refractivity contribution >= 4 is 22.9 Å². The van der Waals surface area contributed by atoms with Gasteiger partial charge in [0.2, 0.25) is 0 Å². The Kier molecular flexibility index (Phi) is 2.89. The summed E-state index contributed by atoms with van der Waals surface area (Å²) < 4.78 is 0. The molecule has 0 saturated heterocycles. The van der Waals surface area contributed by atoms with Gasteiger partial charge in [0.05, 0.1) is 4.88 Å². The second kappa shape index (κ2) is 4.55. The van der Waals surface area contributed by atoms with Gasteiger partial charge in [-0.3, -0.25) is 4.79 Å². The summed E-state index contributed by atoms with van der Waals surface area (Å²) in [5.41, 5.74) is 8.19. The van der Waals surface area contributed by atoms with Crippen LogP contribution in [-0.2, 0) is 6.42 Å². The molecule has 1 aromatic heterocycles. The number of hydrogen-bond acceptors (Lipinski definition) is 3. The van der Waals surface area contributed by atoms with E-state index in [1.54, 1.807) is 4.90 Å². The van der Waals surface area contributed by atoms with Crippen LogP contribution in [0.15, 0.2) is 41.8 Å². The summed E-state index contributed by atoms with van der Waals surface area (Å²) >= 11 is 1.47. The van der Waals surface area contributed by atoms with Gasteiger partial charge in [0, 0.05) is 18.3 Å². The topological polar surface area (TPSA) is 46.3 Å². The molecule has 1 amide bonds. The first kappa shape index (κ1) is 11.4. The Morgan fingerprint density at radius 2 is 2.11 bits per heavy atom. The first-order valence-corrected chi connectivity index (χ1v) is 6.82. The molecule has 1 atom stereocenters. The molecular formula is C14H14N2OS. The van der Waals surface area contributed by atoms with Crippen molar-refractivity contribution < 1.29 is 4.79 Å². The number of nitrogens with zero attached hydrogens (tertiary/aromatic N) is 1. The Hall–Kier alpha value is -1.65. The van der Waals surface area contributed by atoms with E-state index in [4.69, 9.17) is 5.73 Å². The third kappa shape index (κ3) is 1.94. The average Bonchev–Trinajstić information content (AvgIpc) is 2.90. The van der Waals surface area contributed by atoms with E-state index >= 15 is 0 Å². The SMILES string of the molecule is NC1Cc2ccccc2N(C(=O)c2cccs2)C1. The molecule has 0 radical (unpaired) electrons. The normalized spacial score (nSPS) is 18.5. The van der Waals surface area contributed by atoms with Gasteiger partial charge in [-0.15, -0.1) is 11.3 Å². The molecule has 4 heteroatoms. The van der Waals surface area contributed by atoms with E-state index in [2.05, 4.69) is 0 Å². The third-order valence-electron chi connectivity index (χ3n) is 3.16. The molecule has 3 nitrogen and oxygen atoms in total. The molecule has 2 N–H and O–H groups in total. The Balaban J connectivity index is 2.00. The van der Waals surface area contributed by atoms with E-state index in [1.807, 2.05) is 41.8 Å². The van der Waals surface area contributed by atoms with Crippen molar-refractivity contribution in [3.8, 4) is 0 Å². The molecule has 2 aromatic rings. The molecule has 0 fully saturated rings. The minimum absolute atomic E-state index is 0.0174. The van der Waals surface area contributed by atoms with Crippen molar-refractivity contribution in [2.75, 3.05) is 11.4 Å². The fourth-order valence-corrected chi connectivity index (χ4v) is 3.02. The fraction of sp³-hybridized carbons (Fsp3) is 0.214. The molecular weight excluding hydrogens is 244 g/mol. The Bertz CT molecular complexity index is 565. The zero-order valence-corrected chi connectivity index (χ0v) is 10.7. The highest BCUT2D eigenvalue weighted by molar-refractivity contribution is 7.12. The summed E-state index contributed by atoms with van der Waals surface area (Å²) in [6.07, 6.45) is 0.838. The molecule has 3 rings (SSSR count). The van der Waals surface area contributed by atoms with Crippen LogP contribution in [0.1, 0.15) is 15.2 Å². The van der Waals surface area contributed by atoms with Crippen molar-refractivity contribution in [3.05, 3.63) is 52.2 Å². The first-order chi connectivity index (χ1) is 8.75. The highest BCUT2D eigenvalue weighted by atomic mass is 32.1. The molecule has 1 aliphatic rings. The lowest BCUT2D eigenvalue weighted by molar-refractivity contribution is 0.0987. The zero-order valence-electron chi connectivity index (χ0n) is 9.87. The van der Waals surface area contributed by atoms with Crippen molar-refractivity contribution in [3.63, 3.8) is 0 Å². The van der Waals surface area contributed by atoms with Crippen molar-refractivity contribution in [2.24, 2.45) is 5.73 Å². The predicted octanol–water partition coefficient (Wildman–Crippen LogP) is 2.28. The monoisotopic (exact) mass is 258 g/mol. The van der Waals surface area contributed by atoms with Gasteiger partial charge >= 0.3 is 0 Å². The molecule has 92 valence electrons. The molecule has 2 heterocycles. The molecule has 1 aliphatic heterocycles. The van der Waals surface area contributed by atoms with Gasteiger partial charge in [-0.25, -0.2) is 0 Å². The van der Waals surface area contributed by atoms with Crippen LogP contribution < -0.4 is 10.6 Å². The van der Waals surface area contributed by atoms with Gasteiger partial charge < -0.3 is 10.6 Å². The van der Waals surface area contributed by atoms with Gasteiger partial charge in [-0.2, -0.15) is 0 Å². The molecule has 0 aliphatic carbocycles. The van der Waals surface area contributed by atoms with E-state index < -0.39 is 0 Å². The standard InChI is InChI=1S/C14H14N2OS/c15-11-8-10-4-1-2-5-12(10)16(9-11)14(17)13-6-3-7-18-13/h1-7,11H,8-9,15H2. The van der Waals surface area contributed by atoms with Crippen LogP contribution >= 0.6 is 11.3 Å². The number of hydrogen-bond donors (Lipinski definition) is 1. The molecule has 0 bridgehead atoms. The minimum Gasteiger partial charge on any atom is -0.326 e. The summed E-state index contributed by atoms with van der Waals surface area (Å²) in [6.45, 7) is 0.591. The smallest absolute Gasteiger partial charge is 0.268 e. The molecule has 18 heavy (non-hydrogen) atoms. The quantitative estimate of drug-likeness (QED) is 0.853. The number of para-hydroxylation sites is 1. The van der Waals surface area contributed by atoms with E-state index in [9.17, 15) is 4.79 Å². The van der Waals surface area contributed by atoms with E-state index in [-0.39, 0.29) is 11.9 Å². The van der Waals surface area contributed by atoms with Gasteiger partial charge in [0.15, 0.2) is 0 Å². The summed E-state index contributed by atoms with van der Waals surface area (Å²) in [6, 6.07) is 11.8. The van der Waals surface area contributed by atoms with E-state index in [1.165, 1.54) is 11.3 Å². The third-order valence-corrected chi connectivity index (χ3v) is 4.02. The maximum atomic E-state index is 12.4. The fourth-order valence-electron chi connectivity index (χ4n) is 2.35. The van der Waals surface area contributed by atoms with Crippen LogP contribution in [0.5, 0.6) is 0 Å². The number of fused-ring (bicyclic) bond motifs is 1. The van der Waals surface area contributed by atoms with Gasteiger partial charge in [-0.1, -0.05) is 24.3 Å². The number of nitrogens with two attached hydrogens (primary N) is 1. The molecule has 0 saturated carbocycles. The summed E-state index contributed by atoms with van der Waals surface area (Å²) in [5.74, 6) is 0.0487. The molecule has 1 aromatic carbocycles. The lowest BCUT2D eigenvalue weighted by atomic mass is 9.98. The maximum absolute atomic E-state index is 12.4. The van der Waals surface area contributed by atoms with Crippen LogP contribution in [0.25, 0.3) is 0 Å². The summed E-state index contributed by atoms with van der Waals surface area (Å²) in [4.78, 5) is 15.0. The minimum atomic E-state index is 0.0174. The first-order valence-electron chi connectivity index (χ1n) is 5.94.